The lowest BCUT2D eigenvalue weighted by Crippen LogP contribution is -2.17. The third-order valence-electron chi connectivity index (χ3n) is 3.03. The molecular formula is C15H17N3O4S. The zero-order valence-corrected chi connectivity index (χ0v) is 13.4. The van der Waals surface area contributed by atoms with Gasteiger partial charge in [-0.3, -0.25) is 4.79 Å². The molecule has 0 atom stereocenters. The van der Waals surface area contributed by atoms with Crippen LogP contribution in [0.2, 0.25) is 0 Å². The van der Waals surface area contributed by atoms with Crippen LogP contribution < -0.4 is 15.8 Å². The number of methoxy groups -OCH3 is 1. The van der Waals surface area contributed by atoms with Crippen molar-refractivity contribution >= 4 is 28.9 Å². The van der Waals surface area contributed by atoms with Crippen LogP contribution in [0.25, 0.3) is 0 Å². The van der Waals surface area contributed by atoms with Gasteiger partial charge in [-0.15, -0.1) is 11.3 Å². The Labute approximate surface area is 137 Å². The molecule has 0 aliphatic carbocycles. The van der Waals surface area contributed by atoms with Gasteiger partial charge in [-0.25, -0.2) is 9.78 Å². The summed E-state index contributed by atoms with van der Waals surface area (Å²) in [5, 5.41) is 14.5. The van der Waals surface area contributed by atoms with Crippen molar-refractivity contribution in [2.45, 2.75) is 12.8 Å². The number of benzene rings is 1. The van der Waals surface area contributed by atoms with E-state index >= 15 is 0 Å². The summed E-state index contributed by atoms with van der Waals surface area (Å²) in [6.45, 7) is 0.505. The van der Waals surface area contributed by atoms with E-state index in [2.05, 4.69) is 10.3 Å². The highest BCUT2D eigenvalue weighted by atomic mass is 32.1. The van der Waals surface area contributed by atoms with E-state index in [0.717, 1.165) is 5.01 Å². The molecule has 0 radical (unpaired) electrons. The van der Waals surface area contributed by atoms with E-state index in [4.69, 9.17) is 10.5 Å². The summed E-state index contributed by atoms with van der Waals surface area (Å²) in [7, 11) is 1.47. The molecule has 122 valence electrons. The highest BCUT2D eigenvalue weighted by molar-refractivity contribution is 7.09. The third-order valence-corrected chi connectivity index (χ3v) is 3.99. The monoisotopic (exact) mass is 335 g/mol. The molecule has 0 fully saturated rings. The zero-order valence-electron chi connectivity index (χ0n) is 12.5. The molecule has 0 saturated heterocycles. The molecule has 0 bridgehead atoms. The fourth-order valence-corrected chi connectivity index (χ4v) is 2.78. The predicted octanol–water partition coefficient (Wildman–Crippen LogP) is 1.53. The van der Waals surface area contributed by atoms with Crippen molar-refractivity contribution in [1.29, 1.82) is 0 Å². The number of hydrogen-bond acceptors (Lipinski definition) is 6. The fraction of sp³-hybridized carbons (Fsp3) is 0.267. The number of rotatable bonds is 7. The molecule has 0 aliphatic rings. The van der Waals surface area contributed by atoms with Crippen molar-refractivity contribution in [3.8, 4) is 5.75 Å². The van der Waals surface area contributed by atoms with E-state index < -0.39 is 5.97 Å². The van der Waals surface area contributed by atoms with Gasteiger partial charge in [0.15, 0.2) is 0 Å². The number of carbonyl (C=O) groups excluding carboxylic acids is 1. The highest BCUT2D eigenvalue weighted by Gasteiger charge is 2.15. The molecule has 2 aromatic rings. The van der Waals surface area contributed by atoms with E-state index in [1.807, 2.05) is 0 Å². The van der Waals surface area contributed by atoms with Crippen LogP contribution in [0.5, 0.6) is 5.75 Å². The number of nitrogens with two attached hydrogens (primary N) is 1. The van der Waals surface area contributed by atoms with Crippen LogP contribution in [0.15, 0.2) is 23.6 Å². The lowest BCUT2D eigenvalue weighted by molar-refractivity contribution is -0.115. The van der Waals surface area contributed by atoms with E-state index in [9.17, 15) is 14.7 Å². The maximum Gasteiger partial charge on any atom is 0.337 e. The molecule has 0 spiro atoms. The van der Waals surface area contributed by atoms with Crippen LogP contribution in [-0.2, 0) is 17.6 Å². The van der Waals surface area contributed by atoms with Gasteiger partial charge in [0.1, 0.15) is 5.75 Å². The Bertz CT molecular complexity index is 714. The van der Waals surface area contributed by atoms with Gasteiger partial charge in [0.2, 0.25) is 5.91 Å². The number of amides is 1. The summed E-state index contributed by atoms with van der Waals surface area (Å²) in [5.74, 6) is -1.00. The summed E-state index contributed by atoms with van der Waals surface area (Å²) < 4.78 is 5.05. The van der Waals surface area contributed by atoms with Crippen LogP contribution >= 0.6 is 11.3 Å². The molecule has 1 heterocycles. The van der Waals surface area contributed by atoms with Crippen molar-refractivity contribution < 1.29 is 19.4 Å². The SMILES string of the molecule is COc1ccc(C(=O)O)c(NC(=O)Cc2csc(CCN)n2)c1. The number of aromatic carboxylic acids is 1. The normalized spacial score (nSPS) is 10.3. The van der Waals surface area contributed by atoms with Crippen molar-refractivity contribution in [2.75, 3.05) is 19.0 Å². The summed E-state index contributed by atoms with van der Waals surface area (Å²) in [6.07, 6.45) is 0.739. The number of nitrogens with zero attached hydrogens (tertiary/aromatic N) is 1. The molecule has 23 heavy (non-hydrogen) atoms. The number of carboxylic acids is 1. The number of aromatic nitrogens is 1. The first-order valence-corrected chi connectivity index (χ1v) is 7.76. The van der Waals surface area contributed by atoms with Crippen molar-refractivity contribution in [2.24, 2.45) is 5.73 Å². The number of carboxylic acid groups (broad SMARTS) is 1. The largest absolute Gasteiger partial charge is 0.497 e. The third kappa shape index (κ3) is 4.51. The average molecular weight is 335 g/mol. The number of thiazole rings is 1. The molecule has 1 amide bonds. The smallest absolute Gasteiger partial charge is 0.337 e. The number of nitrogens with one attached hydrogen (secondary N) is 1. The molecule has 2 rings (SSSR count). The molecule has 0 unspecified atom stereocenters. The van der Waals surface area contributed by atoms with Gasteiger partial charge in [-0.2, -0.15) is 0 Å². The van der Waals surface area contributed by atoms with Crippen molar-refractivity contribution in [1.82, 2.24) is 4.98 Å². The van der Waals surface area contributed by atoms with Gasteiger partial charge in [-0.1, -0.05) is 0 Å². The van der Waals surface area contributed by atoms with Gasteiger partial charge in [0, 0.05) is 17.9 Å². The van der Waals surface area contributed by atoms with E-state index in [1.165, 1.54) is 36.6 Å². The lowest BCUT2D eigenvalue weighted by Gasteiger charge is -2.10. The molecule has 0 aliphatic heterocycles. The molecule has 0 saturated carbocycles. The van der Waals surface area contributed by atoms with Gasteiger partial charge in [0.05, 0.1) is 35.5 Å². The molecule has 1 aromatic carbocycles. The second-order valence-electron chi connectivity index (χ2n) is 4.71. The molecular weight excluding hydrogens is 318 g/mol. The van der Waals surface area contributed by atoms with Gasteiger partial charge >= 0.3 is 5.97 Å². The quantitative estimate of drug-likeness (QED) is 0.707. The van der Waals surface area contributed by atoms with Gasteiger partial charge in [0.25, 0.3) is 0 Å². The highest BCUT2D eigenvalue weighted by Crippen LogP contribution is 2.23. The van der Waals surface area contributed by atoms with Crippen molar-refractivity contribution in [3.63, 3.8) is 0 Å². The van der Waals surface area contributed by atoms with Crippen LogP contribution in [0, 0.1) is 0 Å². The van der Waals surface area contributed by atoms with Gasteiger partial charge in [-0.05, 0) is 18.7 Å². The number of carbonyl (C=O) groups is 2. The minimum absolute atomic E-state index is 0.00116. The Morgan fingerprint density at radius 2 is 2.22 bits per heavy atom. The second-order valence-corrected chi connectivity index (χ2v) is 5.66. The minimum atomic E-state index is -1.12. The van der Waals surface area contributed by atoms with Crippen LogP contribution in [0.4, 0.5) is 5.69 Å². The number of ether oxygens (including phenoxy) is 1. The van der Waals surface area contributed by atoms with E-state index in [1.54, 1.807) is 5.38 Å². The Hall–Kier alpha value is -2.45. The molecule has 7 nitrogen and oxygen atoms in total. The Morgan fingerprint density at radius 1 is 1.43 bits per heavy atom. The van der Waals surface area contributed by atoms with Crippen LogP contribution in [0.3, 0.4) is 0 Å². The molecule has 1 aromatic heterocycles. The zero-order chi connectivity index (χ0) is 16.8. The summed E-state index contributed by atoms with van der Waals surface area (Å²) in [5.41, 5.74) is 6.30. The first-order valence-electron chi connectivity index (χ1n) is 6.88. The topological polar surface area (TPSA) is 115 Å². The van der Waals surface area contributed by atoms with Crippen LogP contribution in [0.1, 0.15) is 21.1 Å². The summed E-state index contributed by atoms with van der Waals surface area (Å²) >= 11 is 1.45. The van der Waals surface area contributed by atoms with E-state index in [0.29, 0.717) is 24.4 Å². The fourth-order valence-electron chi connectivity index (χ4n) is 1.97. The maximum atomic E-state index is 12.1. The van der Waals surface area contributed by atoms with Gasteiger partial charge < -0.3 is 20.9 Å². The summed E-state index contributed by atoms with van der Waals surface area (Å²) in [6, 6.07) is 4.39. The summed E-state index contributed by atoms with van der Waals surface area (Å²) in [4.78, 5) is 27.6. The average Bonchev–Trinajstić information content (AvgIpc) is 2.94. The molecule has 4 N–H and O–H groups in total. The van der Waals surface area contributed by atoms with E-state index in [-0.39, 0.29) is 23.6 Å². The number of anilines is 1. The first kappa shape index (κ1) is 16.9. The Balaban J connectivity index is 2.10. The predicted molar refractivity (Wildman–Crippen MR) is 87.2 cm³/mol. The van der Waals surface area contributed by atoms with Crippen molar-refractivity contribution in [3.05, 3.63) is 39.8 Å². The lowest BCUT2D eigenvalue weighted by atomic mass is 10.1. The number of hydrogen-bond donors (Lipinski definition) is 3. The molecule has 8 heteroatoms. The van der Waals surface area contributed by atoms with Crippen LogP contribution in [-0.4, -0.2) is 35.6 Å². The maximum absolute atomic E-state index is 12.1. The standard InChI is InChI=1S/C15H17N3O4S/c1-22-10-2-3-11(15(20)21)12(7-10)18-13(19)6-9-8-23-14(17-9)4-5-16/h2-3,7-8H,4-6,16H2,1H3,(H,18,19)(H,20,21). The Kier molecular flexibility index (Phi) is 5.67. The second kappa shape index (κ2) is 7.70. The first-order chi connectivity index (χ1) is 11.0. The minimum Gasteiger partial charge on any atom is -0.497 e. The Morgan fingerprint density at radius 3 is 2.87 bits per heavy atom.